The van der Waals surface area contributed by atoms with E-state index in [4.69, 9.17) is 4.74 Å². The Bertz CT molecular complexity index is 277. The number of carbonyl (C=O) groups is 1. The van der Waals surface area contributed by atoms with Gasteiger partial charge in [0.1, 0.15) is 6.10 Å². The van der Waals surface area contributed by atoms with Crippen LogP contribution in [0.1, 0.15) is 45.4 Å². The standard InChI is InChI=1S/C14H26N2O2/c1-11(14(17)16-9-5-6-10-16)18-13-8-4-3-7-12(13)15-2/h11-13,15H,3-10H2,1-2H3. The number of hydrogen-bond acceptors (Lipinski definition) is 3. The van der Waals surface area contributed by atoms with Gasteiger partial charge in [-0.15, -0.1) is 0 Å². The van der Waals surface area contributed by atoms with Crippen LogP contribution in [0.5, 0.6) is 0 Å². The highest BCUT2D eigenvalue weighted by Gasteiger charge is 2.30. The van der Waals surface area contributed by atoms with Gasteiger partial charge in [0.25, 0.3) is 5.91 Å². The van der Waals surface area contributed by atoms with E-state index in [0.717, 1.165) is 38.8 Å². The first-order chi connectivity index (χ1) is 8.72. The molecule has 1 aliphatic heterocycles. The van der Waals surface area contributed by atoms with Crippen LogP contribution in [-0.4, -0.2) is 49.2 Å². The number of ether oxygens (including phenoxy) is 1. The van der Waals surface area contributed by atoms with Crippen molar-refractivity contribution >= 4 is 5.91 Å². The molecule has 1 saturated heterocycles. The molecule has 0 aromatic rings. The lowest BCUT2D eigenvalue weighted by atomic mass is 9.92. The summed E-state index contributed by atoms with van der Waals surface area (Å²) < 4.78 is 6.02. The zero-order valence-electron chi connectivity index (χ0n) is 11.7. The molecule has 0 radical (unpaired) electrons. The van der Waals surface area contributed by atoms with Gasteiger partial charge in [-0.05, 0) is 39.7 Å². The summed E-state index contributed by atoms with van der Waals surface area (Å²) >= 11 is 0. The SMILES string of the molecule is CNC1CCCCC1OC(C)C(=O)N1CCCC1. The minimum atomic E-state index is -0.290. The number of likely N-dealkylation sites (tertiary alicyclic amines) is 1. The van der Waals surface area contributed by atoms with Crippen LogP contribution in [-0.2, 0) is 9.53 Å². The smallest absolute Gasteiger partial charge is 0.251 e. The van der Waals surface area contributed by atoms with Gasteiger partial charge >= 0.3 is 0 Å². The minimum absolute atomic E-state index is 0.174. The third-order valence-corrected chi connectivity index (χ3v) is 4.22. The van der Waals surface area contributed by atoms with E-state index in [0.29, 0.717) is 6.04 Å². The molecule has 2 rings (SSSR count). The van der Waals surface area contributed by atoms with Crippen molar-refractivity contribution in [3.05, 3.63) is 0 Å². The average Bonchev–Trinajstić information content (AvgIpc) is 2.92. The van der Waals surface area contributed by atoms with Gasteiger partial charge in [0.2, 0.25) is 0 Å². The Morgan fingerprint density at radius 2 is 1.89 bits per heavy atom. The summed E-state index contributed by atoms with van der Waals surface area (Å²) in [7, 11) is 1.99. The monoisotopic (exact) mass is 254 g/mol. The molecule has 1 saturated carbocycles. The van der Waals surface area contributed by atoms with Crippen molar-refractivity contribution in [3.8, 4) is 0 Å². The number of rotatable bonds is 4. The second kappa shape index (κ2) is 6.53. The predicted octanol–water partition coefficient (Wildman–Crippen LogP) is 1.54. The molecule has 2 fully saturated rings. The molecule has 0 aromatic heterocycles. The van der Waals surface area contributed by atoms with E-state index in [-0.39, 0.29) is 18.1 Å². The molecule has 4 heteroatoms. The maximum absolute atomic E-state index is 12.2. The Balaban J connectivity index is 1.84. The molecule has 2 aliphatic rings. The van der Waals surface area contributed by atoms with Gasteiger partial charge in [-0.3, -0.25) is 4.79 Å². The predicted molar refractivity (Wildman–Crippen MR) is 71.5 cm³/mol. The Hall–Kier alpha value is -0.610. The Morgan fingerprint density at radius 3 is 2.56 bits per heavy atom. The van der Waals surface area contributed by atoms with E-state index in [2.05, 4.69) is 5.32 Å². The molecule has 1 amide bonds. The molecule has 1 N–H and O–H groups in total. The summed E-state index contributed by atoms with van der Waals surface area (Å²) in [5.74, 6) is 0.174. The first-order valence-electron chi connectivity index (χ1n) is 7.34. The summed E-state index contributed by atoms with van der Waals surface area (Å²) in [5.41, 5.74) is 0. The van der Waals surface area contributed by atoms with Crippen LogP contribution in [0.15, 0.2) is 0 Å². The second-order valence-corrected chi connectivity index (χ2v) is 5.53. The summed E-state index contributed by atoms with van der Waals surface area (Å²) in [6, 6.07) is 0.410. The molecule has 1 aliphatic carbocycles. The van der Waals surface area contributed by atoms with Gasteiger partial charge in [0, 0.05) is 19.1 Å². The van der Waals surface area contributed by atoms with E-state index in [1.165, 1.54) is 12.8 Å². The molecule has 3 unspecified atom stereocenters. The van der Waals surface area contributed by atoms with Crippen molar-refractivity contribution < 1.29 is 9.53 Å². The van der Waals surface area contributed by atoms with Gasteiger partial charge in [-0.1, -0.05) is 12.8 Å². The molecule has 3 atom stereocenters. The van der Waals surface area contributed by atoms with Gasteiger partial charge in [0.05, 0.1) is 6.10 Å². The number of amides is 1. The largest absolute Gasteiger partial charge is 0.364 e. The third-order valence-electron chi connectivity index (χ3n) is 4.22. The van der Waals surface area contributed by atoms with Crippen LogP contribution in [0, 0.1) is 0 Å². The summed E-state index contributed by atoms with van der Waals surface area (Å²) in [4.78, 5) is 14.1. The lowest BCUT2D eigenvalue weighted by molar-refractivity contribution is -0.147. The summed E-state index contributed by atoms with van der Waals surface area (Å²) in [5, 5.41) is 3.32. The zero-order valence-corrected chi connectivity index (χ0v) is 11.7. The van der Waals surface area contributed by atoms with E-state index in [9.17, 15) is 4.79 Å². The molecule has 0 bridgehead atoms. The summed E-state index contributed by atoms with van der Waals surface area (Å²) in [6.07, 6.45) is 6.90. The molecule has 4 nitrogen and oxygen atoms in total. The third kappa shape index (κ3) is 3.23. The van der Waals surface area contributed by atoms with E-state index in [1.807, 2.05) is 18.9 Å². The number of likely N-dealkylation sites (N-methyl/N-ethyl adjacent to an activating group) is 1. The minimum Gasteiger partial charge on any atom is -0.364 e. The van der Waals surface area contributed by atoms with Crippen LogP contribution in [0.25, 0.3) is 0 Å². The van der Waals surface area contributed by atoms with Crippen molar-refractivity contribution in [2.75, 3.05) is 20.1 Å². The Morgan fingerprint density at radius 1 is 1.22 bits per heavy atom. The quantitative estimate of drug-likeness (QED) is 0.827. The fourth-order valence-corrected chi connectivity index (χ4v) is 3.10. The van der Waals surface area contributed by atoms with Crippen LogP contribution in [0.4, 0.5) is 0 Å². The maximum atomic E-state index is 12.2. The molecule has 0 spiro atoms. The highest BCUT2D eigenvalue weighted by atomic mass is 16.5. The highest BCUT2D eigenvalue weighted by molar-refractivity contribution is 5.80. The highest BCUT2D eigenvalue weighted by Crippen LogP contribution is 2.23. The van der Waals surface area contributed by atoms with E-state index < -0.39 is 0 Å². The maximum Gasteiger partial charge on any atom is 0.251 e. The molecular formula is C14H26N2O2. The van der Waals surface area contributed by atoms with Gasteiger partial charge in [0.15, 0.2) is 0 Å². The number of nitrogens with zero attached hydrogens (tertiary/aromatic N) is 1. The van der Waals surface area contributed by atoms with Gasteiger partial charge in [-0.2, -0.15) is 0 Å². The molecule has 104 valence electrons. The van der Waals surface area contributed by atoms with Crippen molar-refractivity contribution in [2.45, 2.75) is 63.7 Å². The summed E-state index contributed by atoms with van der Waals surface area (Å²) in [6.45, 7) is 3.72. The van der Waals surface area contributed by atoms with Crippen LogP contribution in [0.3, 0.4) is 0 Å². The van der Waals surface area contributed by atoms with Gasteiger partial charge < -0.3 is 15.0 Å². The van der Waals surface area contributed by atoms with Crippen molar-refractivity contribution in [1.29, 1.82) is 0 Å². The first kappa shape index (κ1) is 13.8. The number of nitrogens with one attached hydrogen (secondary N) is 1. The lowest BCUT2D eigenvalue weighted by Crippen LogP contribution is -2.46. The molecule has 18 heavy (non-hydrogen) atoms. The second-order valence-electron chi connectivity index (χ2n) is 5.53. The van der Waals surface area contributed by atoms with E-state index >= 15 is 0 Å². The fraction of sp³-hybridized carbons (Fsp3) is 0.929. The molecular weight excluding hydrogens is 228 g/mol. The fourth-order valence-electron chi connectivity index (χ4n) is 3.10. The Labute approximate surface area is 110 Å². The van der Waals surface area contributed by atoms with Crippen molar-refractivity contribution in [1.82, 2.24) is 10.2 Å². The average molecular weight is 254 g/mol. The lowest BCUT2D eigenvalue weighted by Gasteiger charge is -2.33. The van der Waals surface area contributed by atoms with Crippen molar-refractivity contribution in [3.63, 3.8) is 0 Å². The van der Waals surface area contributed by atoms with Crippen LogP contribution >= 0.6 is 0 Å². The molecule has 0 aromatic carbocycles. The van der Waals surface area contributed by atoms with Crippen LogP contribution < -0.4 is 5.32 Å². The van der Waals surface area contributed by atoms with Crippen molar-refractivity contribution in [2.24, 2.45) is 0 Å². The molecule has 1 heterocycles. The van der Waals surface area contributed by atoms with E-state index in [1.54, 1.807) is 0 Å². The van der Waals surface area contributed by atoms with Gasteiger partial charge in [-0.25, -0.2) is 0 Å². The zero-order chi connectivity index (χ0) is 13.0. The number of carbonyl (C=O) groups excluding carboxylic acids is 1. The normalized spacial score (nSPS) is 30.4. The Kier molecular flexibility index (Phi) is 5.01. The first-order valence-corrected chi connectivity index (χ1v) is 7.34. The van der Waals surface area contributed by atoms with Crippen LogP contribution in [0.2, 0.25) is 0 Å². The number of hydrogen-bond donors (Lipinski definition) is 1. The topological polar surface area (TPSA) is 41.6 Å².